The molecule has 0 radical (unpaired) electrons. The molecule has 0 N–H and O–H groups in total. The van der Waals surface area contributed by atoms with E-state index in [1.807, 2.05) is 12.1 Å². The Balaban J connectivity index is 2.56. The Kier molecular flexibility index (Phi) is 5.56. The van der Waals surface area contributed by atoms with Crippen molar-refractivity contribution >= 4 is 11.8 Å². The summed E-state index contributed by atoms with van der Waals surface area (Å²) < 4.78 is 4.65. The van der Waals surface area contributed by atoms with Crippen LogP contribution in [0.2, 0.25) is 0 Å². The Bertz CT molecular complexity index is 406. The van der Waals surface area contributed by atoms with Gasteiger partial charge in [0.1, 0.15) is 5.78 Å². The topological polar surface area (TPSA) is 43.4 Å². The molecule has 1 unspecified atom stereocenters. The molecular weight excluding hydrogens is 228 g/mol. The SMILES string of the molecule is COC(=O)c1ccc(C(C)CCCC(C)=O)cc1. The van der Waals surface area contributed by atoms with Gasteiger partial charge in [-0.2, -0.15) is 0 Å². The van der Waals surface area contributed by atoms with Gasteiger partial charge in [-0.25, -0.2) is 4.79 Å². The van der Waals surface area contributed by atoms with Crippen LogP contribution in [0.5, 0.6) is 0 Å². The number of benzene rings is 1. The van der Waals surface area contributed by atoms with Crippen molar-refractivity contribution in [1.82, 2.24) is 0 Å². The van der Waals surface area contributed by atoms with Gasteiger partial charge in [-0.15, -0.1) is 0 Å². The molecule has 1 atom stereocenters. The lowest BCUT2D eigenvalue weighted by atomic mass is 9.94. The van der Waals surface area contributed by atoms with Crippen molar-refractivity contribution in [1.29, 1.82) is 0 Å². The van der Waals surface area contributed by atoms with E-state index in [9.17, 15) is 9.59 Å². The van der Waals surface area contributed by atoms with Crippen molar-refractivity contribution in [3.8, 4) is 0 Å². The summed E-state index contributed by atoms with van der Waals surface area (Å²) in [5.74, 6) is 0.324. The first-order chi connectivity index (χ1) is 8.54. The van der Waals surface area contributed by atoms with E-state index in [0.29, 0.717) is 17.9 Å². The predicted molar refractivity (Wildman–Crippen MR) is 70.7 cm³/mol. The molecule has 3 nitrogen and oxygen atoms in total. The minimum atomic E-state index is -0.314. The highest BCUT2D eigenvalue weighted by Gasteiger charge is 2.08. The van der Waals surface area contributed by atoms with Gasteiger partial charge in [-0.1, -0.05) is 19.1 Å². The highest BCUT2D eigenvalue weighted by molar-refractivity contribution is 5.89. The molecule has 0 aliphatic heterocycles. The van der Waals surface area contributed by atoms with E-state index < -0.39 is 0 Å². The maximum absolute atomic E-state index is 11.3. The molecule has 0 aromatic heterocycles. The molecule has 0 heterocycles. The van der Waals surface area contributed by atoms with E-state index in [4.69, 9.17) is 0 Å². The summed E-state index contributed by atoms with van der Waals surface area (Å²) in [6.45, 7) is 3.75. The average Bonchev–Trinajstić information content (AvgIpc) is 2.37. The van der Waals surface area contributed by atoms with E-state index >= 15 is 0 Å². The molecule has 0 fully saturated rings. The minimum absolute atomic E-state index is 0.239. The molecule has 1 aromatic carbocycles. The van der Waals surface area contributed by atoms with Gasteiger partial charge in [-0.05, 0) is 43.4 Å². The van der Waals surface area contributed by atoms with Gasteiger partial charge < -0.3 is 9.53 Å². The standard InChI is InChI=1S/C15H20O3/c1-11(5-4-6-12(2)16)13-7-9-14(10-8-13)15(17)18-3/h7-11H,4-6H2,1-3H3. The maximum Gasteiger partial charge on any atom is 0.337 e. The summed E-state index contributed by atoms with van der Waals surface area (Å²) in [7, 11) is 1.38. The van der Waals surface area contributed by atoms with Crippen molar-refractivity contribution in [2.75, 3.05) is 7.11 Å². The van der Waals surface area contributed by atoms with E-state index in [1.54, 1.807) is 19.1 Å². The normalized spacial score (nSPS) is 11.9. The summed E-state index contributed by atoms with van der Waals surface area (Å²) in [6, 6.07) is 7.46. The number of methoxy groups -OCH3 is 1. The highest BCUT2D eigenvalue weighted by Crippen LogP contribution is 2.22. The zero-order valence-electron chi connectivity index (χ0n) is 11.2. The lowest BCUT2D eigenvalue weighted by Gasteiger charge is -2.11. The summed E-state index contributed by atoms with van der Waals surface area (Å²) in [5.41, 5.74) is 1.75. The summed E-state index contributed by atoms with van der Waals surface area (Å²) >= 11 is 0. The molecule has 0 aliphatic rings. The van der Waals surface area contributed by atoms with Gasteiger partial charge in [0, 0.05) is 6.42 Å². The molecule has 3 heteroatoms. The second-order valence-electron chi connectivity index (χ2n) is 4.61. The van der Waals surface area contributed by atoms with Crippen LogP contribution in [0.25, 0.3) is 0 Å². The summed E-state index contributed by atoms with van der Waals surface area (Å²) in [4.78, 5) is 22.1. The van der Waals surface area contributed by atoms with Crippen LogP contribution in [0.15, 0.2) is 24.3 Å². The zero-order chi connectivity index (χ0) is 13.5. The number of carbonyl (C=O) groups excluding carboxylic acids is 2. The van der Waals surface area contributed by atoms with Gasteiger partial charge >= 0.3 is 5.97 Å². The van der Waals surface area contributed by atoms with Crippen LogP contribution in [0, 0.1) is 0 Å². The number of hydrogen-bond acceptors (Lipinski definition) is 3. The Morgan fingerprint density at radius 1 is 1.22 bits per heavy atom. The fourth-order valence-electron chi connectivity index (χ4n) is 1.89. The quantitative estimate of drug-likeness (QED) is 0.725. The van der Waals surface area contributed by atoms with E-state index in [-0.39, 0.29) is 11.8 Å². The lowest BCUT2D eigenvalue weighted by Crippen LogP contribution is -2.02. The highest BCUT2D eigenvalue weighted by atomic mass is 16.5. The van der Waals surface area contributed by atoms with Gasteiger partial charge in [0.15, 0.2) is 0 Å². The van der Waals surface area contributed by atoms with Crippen molar-refractivity contribution in [2.45, 2.75) is 39.0 Å². The van der Waals surface area contributed by atoms with Crippen molar-refractivity contribution in [3.05, 3.63) is 35.4 Å². The van der Waals surface area contributed by atoms with Crippen LogP contribution in [-0.2, 0) is 9.53 Å². The van der Waals surface area contributed by atoms with Crippen molar-refractivity contribution < 1.29 is 14.3 Å². The first-order valence-corrected chi connectivity index (χ1v) is 6.22. The molecule has 0 amide bonds. The van der Waals surface area contributed by atoms with Crippen LogP contribution in [0.3, 0.4) is 0 Å². The Labute approximate surface area is 108 Å². The summed E-state index contributed by atoms with van der Waals surface area (Å²) in [5, 5.41) is 0. The second-order valence-corrected chi connectivity index (χ2v) is 4.61. The number of rotatable bonds is 6. The molecule has 1 aromatic rings. The number of ether oxygens (including phenoxy) is 1. The van der Waals surface area contributed by atoms with Gasteiger partial charge in [-0.3, -0.25) is 0 Å². The van der Waals surface area contributed by atoms with Crippen LogP contribution in [0.4, 0.5) is 0 Å². The molecule has 0 bridgehead atoms. The smallest absolute Gasteiger partial charge is 0.337 e. The first kappa shape index (κ1) is 14.4. The van der Waals surface area contributed by atoms with Gasteiger partial charge in [0.2, 0.25) is 0 Å². The molecule has 18 heavy (non-hydrogen) atoms. The number of Topliss-reactive ketones (excluding diaryl/α,β-unsaturated/α-hetero) is 1. The molecule has 98 valence electrons. The van der Waals surface area contributed by atoms with Crippen LogP contribution in [0.1, 0.15) is 54.9 Å². The second kappa shape index (κ2) is 6.94. The first-order valence-electron chi connectivity index (χ1n) is 6.22. The van der Waals surface area contributed by atoms with Gasteiger partial charge in [0.25, 0.3) is 0 Å². The Morgan fingerprint density at radius 3 is 2.33 bits per heavy atom. The van der Waals surface area contributed by atoms with E-state index in [1.165, 1.54) is 12.7 Å². The fourth-order valence-corrected chi connectivity index (χ4v) is 1.89. The van der Waals surface area contributed by atoms with Crippen molar-refractivity contribution in [3.63, 3.8) is 0 Å². The molecule has 0 spiro atoms. The van der Waals surface area contributed by atoms with E-state index in [2.05, 4.69) is 11.7 Å². The fraction of sp³-hybridized carbons (Fsp3) is 0.467. The number of esters is 1. The molecule has 1 rings (SSSR count). The summed E-state index contributed by atoms with van der Waals surface area (Å²) in [6.07, 6.45) is 2.54. The third-order valence-corrected chi connectivity index (χ3v) is 3.07. The van der Waals surface area contributed by atoms with Crippen LogP contribution >= 0.6 is 0 Å². The maximum atomic E-state index is 11.3. The van der Waals surface area contributed by atoms with Crippen LogP contribution < -0.4 is 0 Å². The molecule has 0 aliphatic carbocycles. The monoisotopic (exact) mass is 248 g/mol. The lowest BCUT2D eigenvalue weighted by molar-refractivity contribution is -0.117. The molecule has 0 saturated carbocycles. The van der Waals surface area contributed by atoms with Crippen LogP contribution in [-0.4, -0.2) is 18.9 Å². The molecule has 0 saturated heterocycles. The third-order valence-electron chi connectivity index (χ3n) is 3.07. The molecular formula is C15H20O3. The minimum Gasteiger partial charge on any atom is -0.465 e. The predicted octanol–water partition coefficient (Wildman–Crippen LogP) is 3.34. The van der Waals surface area contributed by atoms with E-state index in [0.717, 1.165) is 12.8 Å². The number of ketones is 1. The zero-order valence-corrected chi connectivity index (χ0v) is 11.2. The number of hydrogen-bond donors (Lipinski definition) is 0. The Morgan fingerprint density at radius 2 is 1.83 bits per heavy atom. The largest absolute Gasteiger partial charge is 0.465 e. The Hall–Kier alpha value is -1.64. The van der Waals surface area contributed by atoms with Gasteiger partial charge in [0.05, 0.1) is 12.7 Å². The number of carbonyl (C=O) groups is 2. The third kappa shape index (κ3) is 4.32. The van der Waals surface area contributed by atoms with Crippen molar-refractivity contribution in [2.24, 2.45) is 0 Å². The average molecular weight is 248 g/mol.